The Morgan fingerprint density at radius 2 is 1.44 bits per heavy atom. The standard InChI is InChI=1S/C18H36FNO5/c1-6-7-22-8-9-23-10-11-24-12-13-25-18(4,5)16(19)14-20-17(21)15(2)3/h15-16H,6-14H2,1-5H3,(H,20,21). The van der Waals surface area contributed by atoms with E-state index < -0.39 is 11.8 Å². The van der Waals surface area contributed by atoms with Crippen molar-refractivity contribution in [2.45, 2.75) is 52.8 Å². The lowest BCUT2D eigenvalue weighted by Gasteiger charge is -2.29. The highest BCUT2D eigenvalue weighted by atomic mass is 19.1. The van der Waals surface area contributed by atoms with E-state index in [9.17, 15) is 9.18 Å². The van der Waals surface area contributed by atoms with E-state index in [2.05, 4.69) is 12.2 Å². The second-order valence-electron chi connectivity index (χ2n) is 6.66. The number of nitrogens with one attached hydrogen (secondary N) is 1. The molecular weight excluding hydrogens is 329 g/mol. The van der Waals surface area contributed by atoms with Gasteiger partial charge in [-0.1, -0.05) is 20.8 Å². The number of hydrogen-bond acceptors (Lipinski definition) is 5. The number of hydrogen-bond donors (Lipinski definition) is 1. The maximum absolute atomic E-state index is 14.2. The predicted octanol–water partition coefficient (Wildman–Crippen LogP) is 2.35. The second kappa shape index (κ2) is 14.4. The predicted molar refractivity (Wildman–Crippen MR) is 95.5 cm³/mol. The summed E-state index contributed by atoms with van der Waals surface area (Å²) < 4.78 is 35.8. The van der Waals surface area contributed by atoms with E-state index in [0.29, 0.717) is 33.0 Å². The molecule has 150 valence electrons. The minimum atomic E-state index is -1.29. The van der Waals surface area contributed by atoms with Gasteiger partial charge in [0.1, 0.15) is 6.17 Å². The molecule has 0 rings (SSSR count). The van der Waals surface area contributed by atoms with Crippen molar-refractivity contribution >= 4 is 5.91 Å². The molecule has 1 amide bonds. The zero-order chi connectivity index (χ0) is 19.1. The molecule has 0 radical (unpaired) electrons. The van der Waals surface area contributed by atoms with Crippen LogP contribution in [-0.2, 0) is 23.7 Å². The lowest BCUT2D eigenvalue weighted by atomic mass is 10.0. The first-order valence-corrected chi connectivity index (χ1v) is 9.10. The third-order valence-electron chi connectivity index (χ3n) is 3.53. The first-order chi connectivity index (χ1) is 11.8. The fourth-order valence-electron chi connectivity index (χ4n) is 1.78. The van der Waals surface area contributed by atoms with Crippen LogP contribution in [0.15, 0.2) is 0 Å². The van der Waals surface area contributed by atoms with Gasteiger partial charge in [0.05, 0.1) is 51.8 Å². The van der Waals surface area contributed by atoms with E-state index in [1.807, 2.05) is 0 Å². The van der Waals surface area contributed by atoms with Gasteiger partial charge in [-0.2, -0.15) is 0 Å². The van der Waals surface area contributed by atoms with Gasteiger partial charge in [-0.05, 0) is 20.3 Å². The topological polar surface area (TPSA) is 66.0 Å². The normalized spacial score (nSPS) is 13.2. The first-order valence-electron chi connectivity index (χ1n) is 9.10. The van der Waals surface area contributed by atoms with Crippen LogP contribution in [0.25, 0.3) is 0 Å². The summed E-state index contributed by atoms with van der Waals surface area (Å²) in [6.45, 7) is 12.4. The molecule has 0 aromatic rings. The van der Waals surface area contributed by atoms with Crippen molar-refractivity contribution in [2.24, 2.45) is 5.92 Å². The summed E-state index contributed by atoms with van der Waals surface area (Å²) in [7, 11) is 0. The Labute approximate surface area is 151 Å². The molecule has 1 unspecified atom stereocenters. The van der Waals surface area contributed by atoms with Gasteiger partial charge in [-0.3, -0.25) is 4.79 Å². The summed E-state index contributed by atoms with van der Waals surface area (Å²) in [6.07, 6.45) is -0.287. The van der Waals surface area contributed by atoms with Crippen LogP contribution in [0.2, 0.25) is 0 Å². The molecule has 0 aliphatic heterocycles. The van der Waals surface area contributed by atoms with Crippen LogP contribution in [-0.4, -0.2) is 70.5 Å². The van der Waals surface area contributed by atoms with E-state index in [-0.39, 0.29) is 25.0 Å². The van der Waals surface area contributed by atoms with E-state index in [4.69, 9.17) is 18.9 Å². The van der Waals surface area contributed by atoms with Crippen LogP contribution >= 0.6 is 0 Å². The van der Waals surface area contributed by atoms with Crippen LogP contribution in [0.5, 0.6) is 0 Å². The van der Waals surface area contributed by atoms with Gasteiger partial charge in [0.25, 0.3) is 0 Å². The zero-order valence-corrected chi connectivity index (χ0v) is 16.4. The molecule has 0 aliphatic rings. The minimum absolute atomic E-state index is 0.0567. The lowest BCUT2D eigenvalue weighted by molar-refractivity contribution is -0.125. The van der Waals surface area contributed by atoms with Crippen molar-refractivity contribution in [2.75, 3.05) is 52.8 Å². The lowest BCUT2D eigenvalue weighted by Crippen LogP contribution is -2.45. The highest BCUT2D eigenvalue weighted by Crippen LogP contribution is 2.17. The average molecular weight is 365 g/mol. The molecule has 6 nitrogen and oxygen atoms in total. The maximum Gasteiger partial charge on any atom is 0.222 e. The number of rotatable bonds is 16. The fraction of sp³-hybridized carbons (Fsp3) is 0.944. The van der Waals surface area contributed by atoms with Crippen molar-refractivity contribution in [3.8, 4) is 0 Å². The van der Waals surface area contributed by atoms with Crippen molar-refractivity contribution < 1.29 is 28.1 Å². The van der Waals surface area contributed by atoms with Gasteiger partial charge in [0, 0.05) is 12.5 Å². The summed E-state index contributed by atoms with van der Waals surface area (Å²) in [4.78, 5) is 11.5. The summed E-state index contributed by atoms with van der Waals surface area (Å²) in [5, 5.41) is 2.58. The van der Waals surface area contributed by atoms with Gasteiger partial charge < -0.3 is 24.3 Å². The third-order valence-corrected chi connectivity index (χ3v) is 3.53. The molecule has 1 atom stereocenters. The van der Waals surface area contributed by atoms with Gasteiger partial charge >= 0.3 is 0 Å². The van der Waals surface area contributed by atoms with Crippen LogP contribution in [0, 0.1) is 5.92 Å². The van der Waals surface area contributed by atoms with Gasteiger partial charge in [0.2, 0.25) is 5.91 Å². The van der Waals surface area contributed by atoms with E-state index >= 15 is 0 Å². The zero-order valence-electron chi connectivity index (χ0n) is 16.4. The molecule has 1 N–H and O–H groups in total. The Balaban J connectivity index is 3.63. The number of halogens is 1. The molecule has 0 saturated carbocycles. The number of carbonyl (C=O) groups is 1. The molecule has 7 heteroatoms. The number of ether oxygens (including phenoxy) is 4. The molecule has 0 bridgehead atoms. The van der Waals surface area contributed by atoms with Crippen LogP contribution in [0.1, 0.15) is 41.0 Å². The Hall–Kier alpha value is -0.760. The van der Waals surface area contributed by atoms with Gasteiger partial charge in [-0.25, -0.2) is 4.39 Å². The Morgan fingerprint density at radius 1 is 0.960 bits per heavy atom. The highest BCUT2D eigenvalue weighted by molar-refractivity contribution is 5.77. The van der Waals surface area contributed by atoms with Crippen LogP contribution in [0.3, 0.4) is 0 Å². The number of amides is 1. The largest absolute Gasteiger partial charge is 0.379 e. The van der Waals surface area contributed by atoms with Crippen LogP contribution in [0.4, 0.5) is 4.39 Å². The summed E-state index contributed by atoms with van der Waals surface area (Å²) in [6, 6.07) is 0. The average Bonchev–Trinajstić information content (AvgIpc) is 2.56. The number of carbonyl (C=O) groups excluding carboxylic acids is 1. The Morgan fingerprint density at radius 3 is 1.92 bits per heavy atom. The Bertz CT molecular complexity index is 339. The highest BCUT2D eigenvalue weighted by Gasteiger charge is 2.30. The van der Waals surface area contributed by atoms with Crippen molar-refractivity contribution in [3.05, 3.63) is 0 Å². The molecule has 25 heavy (non-hydrogen) atoms. The van der Waals surface area contributed by atoms with E-state index in [0.717, 1.165) is 13.0 Å². The monoisotopic (exact) mass is 365 g/mol. The smallest absolute Gasteiger partial charge is 0.222 e. The van der Waals surface area contributed by atoms with E-state index in [1.165, 1.54) is 0 Å². The van der Waals surface area contributed by atoms with Crippen molar-refractivity contribution in [1.82, 2.24) is 5.32 Å². The SMILES string of the molecule is CCCOCCOCCOCCOC(C)(C)C(F)CNC(=O)C(C)C. The maximum atomic E-state index is 14.2. The first kappa shape index (κ1) is 24.2. The molecule has 0 heterocycles. The van der Waals surface area contributed by atoms with Gasteiger partial charge in [0.15, 0.2) is 0 Å². The molecule has 0 aromatic heterocycles. The second-order valence-corrected chi connectivity index (χ2v) is 6.66. The number of alkyl halides is 1. The summed E-state index contributed by atoms with van der Waals surface area (Å²) in [5.41, 5.74) is -0.985. The molecule has 0 aliphatic carbocycles. The molecular formula is C18H36FNO5. The molecule has 0 aromatic carbocycles. The van der Waals surface area contributed by atoms with Crippen LogP contribution < -0.4 is 5.32 Å². The van der Waals surface area contributed by atoms with E-state index in [1.54, 1.807) is 27.7 Å². The van der Waals surface area contributed by atoms with Gasteiger partial charge in [-0.15, -0.1) is 0 Å². The third kappa shape index (κ3) is 13.1. The fourth-order valence-corrected chi connectivity index (χ4v) is 1.78. The molecule has 0 spiro atoms. The quantitative estimate of drug-likeness (QED) is 0.425. The summed E-state index contributed by atoms with van der Waals surface area (Å²) >= 11 is 0. The molecule has 0 fully saturated rings. The molecule has 0 saturated heterocycles. The minimum Gasteiger partial charge on any atom is -0.379 e. The summed E-state index contributed by atoms with van der Waals surface area (Å²) in [5.74, 6) is -0.327. The van der Waals surface area contributed by atoms with Crippen molar-refractivity contribution in [3.63, 3.8) is 0 Å². The Kier molecular flexibility index (Phi) is 14.0. The van der Waals surface area contributed by atoms with Crippen molar-refractivity contribution in [1.29, 1.82) is 0 Å².